The normalized spacial score (nSPS) is 11.5. The van der Waals surface area contributed by atoms with Crippen LogP contribution >= 0.6 is 11.6 Å². The number of carbonyl (C=O) groups is 1. The van der Waals surface area contributed by atoms with Crippen LogP contribution in [0.25, 0.3) is 0 Å². The van der Waals surface area contributed by atoms with Crippen LogP contribution < -0.4 is 5.32 Å². The maximum Gasteiger partial charge on any atom is 0.235 e. The van der Waals surface area contributed by atoms with Crippen molar-refractivity contribution in [3.8, 4) is 0 Å². The van der Waals surface area contributed by atoms with Crippen LogP contribution in [0.15, 0.2) is 48.5 Å². The second-order valence-electron chi connectivity index (χ2n) is 5.88. The number of hydrogen-bond donors (Lipinski definition) is 1. The van der Waals surface area contributed by atoms with Gasteiger partial charge >= 0.3 is 0 Å². The van der Waals surface area contributed by atoms with E-state index in [0.717, 1.165) is 21.7 Å². The Morgan fingerprint density at radius 1 is 1.08 bits per heavy atom. The molecule has 0 spiro atoms. The van der Waals surface area contributed by atoms with E-state index < -0.39 is 15.9 Å². The monoisotopic (exact) mass is 398 g/mol. The van der Waals surface area contributed by atoms with Crippen molar-refractivity contribution >= 4 is 27.5 Å². The minimum Gasteiger partial charge on any atom is -0.355 e. The zero-order chi connectivity index (χ0) is 19.2. The predicted octanol–water partition coefficient (Wildman–Crippen LogP) is 2.60. The van der Waals surface area contributed by atoms with Crippen LogP contribution in [-0.4, -0.2) is 38.0 Å². The number of benzene rings is 2. The standard InChI is InChI=1S/C18H20ClFN2O3S/c1-26(24,25)22(12-15-2-6-16(19)7-3-15)13-18(23)21-11-10-14-4-8-17(20)9-5-14/h2-9H,10-13H2,1H3,(H,21,23). The van der Waals surface area contributed by atoms with Gasteiger partial charge in [-0.25, -0.2) is 12.8 Å². The van der Waals surface area contributed by atoms with Crippen LogP contribution in [0, 0.1) is 5.82 Å². The number of rotatable bonds is 8. The second kappa shape index (κ2) is 9.12. The van der Waals surface area contributed by atoms with Crippen LogP contribution in [0.1, 0.15) is 11.1 Å². The maximum absolute atomic E-state index is 12.9. The second-order valence-corrected chi connectivity index (χ2v) is 8.30. The first-order valence-electron chi connectivity index (χ1n) is 7.95. The van der Waals surface area contributed by atoms with Crippen LogP contribution in [0.5, 0.6) is 0 Å². The molecule has 0 bridgehead atoms. The van der Waals surface area contributed by atoms with E-state index in [0.29, 0.717) is 18.0 Å². The molecule has 2 rings (SSSR count). The molecule has 0 heterocycles. The van der Waals surface area contributed by atoms with E-state index in [1.165, 1.54) is 12.1 Å². The van der Waals surface area contributed by atoms with Gasteiger partial charge in [-0.15, -0.1) is 0 Å². The predicted molar refractivity (Wildman–Crippen MR) is 99.8 cm³/mol. The lowest BCUT2D eigenvalue weighted by Crippen LogP contribution is -2.40. The summed E-state index contributed by atoms with van der Waals surface area (Å²) < 4.78 is 37.9. The topological polar surface area (TPSA) is 66.5 Å². The van der Waals surface area contributed by atoms with E-state index in [-0.39, 0.29) is 18.9 Å². The summed E-state index contributed by atoms with van der Waals surface area (Å²) in [5, 5.41) is 3.24. The average Bonchev–Trinajstić information content (AvgIpc) is 2.57. The third-order valence-electron chi connectivity index (χ3n) is 3.71. The third-order valence-corrected chi connectivity index (χ3v) is 5.16. The molecule has 0 aliphatic heterocycles. The van der Waals surface area contributed by atoms with Gasteiger partial charge in [0.05, 0.1) is 12.8 Å². The van der Waals surface area contributed by atoms with Crippen LogP contribution in [0.3, 0.4) is 0 Å². The maximum atomic E-state index is 12.9. The SMILES string of the molecule is CS(=O)(=O)N(CC(=O)NCCc1ccc(F)cc1)Cc1ccc(Cl)cc1. The fourth-order valence-electron chi connectivity index (χ4n) is 2.30. The Morgan fingerprint density at radius 3 is 2.23 bits per heavy atom. The number of nitrogens with zero attached hydrogens (tertiary/aromatic N) is 1. The summed E-state index contributed by atoms with van der Waals surface area (Å²) in [7, 11) is -3.55. The Bertz CT molecular complexity index is 840. The van der Waals surface area contributed by atoms with Gasteiger partial charge in [0.1, 0.15) is 5.82 Å². The van der Waals surface area contributed by atoms with Gasteiger partial charge in [-0.1, -0.05) is 35.9 Å². The van der Waals surface area contributed by atoms with Gasteiger partial charge in [-0.05, 0) is 41.8 Å². The molecule has 2 aromatic rings. The van der Waals surface area contributed by atoms with E-state index in [9.17, 15) is 17.6 Å². The summed E-state index contributed by atoms with van der Waals surface area (Å²) >= 11 is 5.82. The molecular weight excluding hydrogens is 379 g/mol. The lowest BCUT2D eigenvalue weighted by molar-refractivity contribution is -0.121. The van der Waals surface area contributed by atoms with Crippen molar-refractivity contribution in [3.05, 3.63) is 70.5 Å². The number of hydrogen-bond acceptors (Lipinski definition) is 3. The van der Waals surface area contributed by atoms with Crippen LogP contribution in [0.4, 0.5) is 4.39 Å². The lowest BCUT2D eigenvalue weighted by Gasteiger charge is -2.19. The molecule has 0 aromatic heterocycles. The molecule has 0 unspecified atom stereocenters. The minimum atomic E-state index is -3.55. The fraction of sp³-hybridized carbons (Fsp3) is 0.278. The van der Waals surface area contributed by atoms with Crippen molar-refractivity contribution in [2.24, 2.45) is 0 Å². The van der Waals surface area contributed by atoms with E-state index in [1.54, 1.807) is 36.4 Å². The Morgan fingerprint density at radius 2 is 1.65 bits per heavy atom. The molecule has 140 valence electrons. The first-order chi connectivity index (χ1) is 12.2. The molecule has 2 aromatic carbocycles. The first-order valence-corrected chi connectivity index (χ1v) is 10.2. The van der Waals surface area contributed by atoms with Crippen LogP contribution in [0.2, 0.25) is 5.02 Å². The molecule has 0 atom stereocenters. The van der Waals surface area contributed by atoms with Crippen molar-refractivity contribution in [1.29, 1.82) is 0 Å². The number of carbonyl (C=O) groups excluding carboxylic acids is 1. The highest BCUT2D eigenvalue weighted by Gasteiger charge is 2.20. The highest BCUT2D eigenvalue weighted by molar-refractivity contribution is 7.88. The summed E-state index contributed by atoms with van der Waals surface area (Å²) in [4.78, 5) is 12.1. The van der Waals surface area contributed by atoms with Gasteiger partial charge in [0.2, 0.25) is 15.9 Å². The van der Waals surface area contributed by atoms with Gasteiger partial charge in [-0.3, -0.25) is 4.79 Å². The molecule has 26 heavy (non-hydrogen) atoms. The highest BCUT2D eigenvalue weighted by Crippen LogP contribution is 2.13. The molecule has 0 aliphatic rings. The first kappa shape index (κ1) is 20.4. The molecule has 0 fully saturated rings. The van der Waals surface area contributed by atoms with Gasteiger partial charge in [0.25, 0.3) is 0 Å². The molecule has 0 aliphatic carbocycles. The van der Waals surface area contributed by atoms with Crippen LogP contribution in [-0.2, 0) is 27.8 Å². The van der Waals surface area contributed by atoms with Gasteiger partial charge in [0.15, 0.2) is 0 Å². The molecular formula is C18H20ClFN2O3S. The Balaban J connectivity index is 1.89. The molecule has 1 N–H and O–H groups in total. The minimum absolute atomic E-state index is 0.0847. The van der Waals surface area contributed by atoms with E-state index in [1.807, 2.05) is 0 Å². The largest absolute Gasteiger partial charge is 0.355 e. The molecule has 5 nitrogen and oxygen atoms in total. The quantitative estimate of drug-likeness (QED) is 0.743. The van der Waals surface area contributed by atoms with Crippen molar-refractivity contribution in [3.63, 3.8) is 0 Å². The number of sulfonamides is 1. The molecule has 0 saturated heterocycles. The van der Waals surface area contributed by atoms with Crippen molar-refractivity contribution < 1.29 is 17.6 Å². The average molecular weight is 399 g/mol. The molecule has 0 radical (unpaired) electrons. The lowest BCUT2D eigenvalue weighted by atomic mass is 10.1. The number of halogens is 2. The third kappa shape index (κ3) is 6.74. The molecule has 1 amide bonds. The summed E-state index contributed by atoms with van der Waals surface area (Å²) in [6, 6.07) is 12.8. The number of nitrogens with one attached hydrogen (secondary N) is 1. The Labute approximate surface area is 157 Å². The summed E-state index contributed by atoms with van der Waals surface area (Å²) in [5.41, 5.74) is 1.62. The van der Waals surface area contributed by atoms with Gasteiger partial charge in [0, 0.05) is 18.1 Å². The van der Waals surface area contributed by atoms with E-state index in [4.69, 9.17) is 11.6 Å². The van der Waals surface area contributed by atoms with Crippen molar-refractivity contribution in [2.45, 2.75) is 13.0 Å². The zero-order valence-electron chi connectivity index (χ0n) is 14.3. The zero-order valence-corrected chi connectivity index (χ0v) is 15.9. The van der Waals surface area contributed by atoms with Crippen molar-refractivity contribution in [2.75, 3.05) is 19.3 Å². The fourth-order valence-corrected chi connectivity index (χ4v) is 3.16. The number of amides is 1. The van der Waals surface area contributed by atoms with Crippen molar-refractivity contribution in [1.82, 2.24) is 9.62 Å². The van der Waals surface area contributed by atoms with Gasteiger partial charge < -0.3 is 5.32 Å². The Kier molecular flexibility index (Phi) is 7.14. The highest BCUT2D eigenvalue weighted by atomic mass is 35.5. The smallest absolute Gasteiger partial charge is 0.235 e. The van der Waals surface area contributed by atoms with E-state index in [2.05, 4.69) is 5.32 Å². The van der Waals surface area contributed by atoms with Gasteiger partial charge in [-0.2, -0.15) is 4.31 Å². The summed E-state index contributed by atoms with van der Waals surface area (Å²) in [6.45, 7) is 0.148. The summed E-state index contributed by atoms with van der Waals surface area (Å²) in [6.07, 6.45) is 1.59. The summed E-state index contributed by atoms with van der Waals surface area (Å²) in [5.74, 6) is -0.713. The molecule has 8 heteroatoms. The Hall–Kier alpha value is -1.96. The molecule has 0 saturated carbocycles. The van der Waals surface area contributed by atoms with E-state index >= 15 is 0 Å².